The van der Waals surface area contributed by atoms with E-state index in [9.17, 15) is 9.59 Å². The van der Waals surface area contributed by atoms with E-state index in [1.165, 1.54) is 11.8 Å². The van der Waals surface area contributed by atoms with Gasteiger partial charge in [-0.05, 0) is 48.7 Å². The Balaban J connectivity index is 2.05. The Hall–Kier alpha value is -1.40. The third kappa shape index (κ3) is 8.57. The van der Waals surface area contributed by atoms with Crippen molar-refractivity contribution in [3.8, 4) is 0 Å². The fourth-order valence-electron chi connectivity index (χ4n) is 2.92. The first kappa shape index (κ1) is 25.9. The van der Waals surface area contributed by atoms with E-state index in [1.54, 1.807) is 30.0 Å². The number of rotatable bonds is 11. The molecule has 1 atom stereocenters. The van der Waals surface area contributed by atoms with Crippen LogP contribution < -0.4 is 5.32 Å². The van der Waals surface area contributed by atoms with Gasteiger partial charge in [0.1, 0.15) is 6.04 Å². The highest BCUT2D eigenvalue weighted by molar-refractivity contribution is 7.99. The zero-order valence-corrected chi connectivity index (χ0v) is 20.8. The number of carbonyl (C=O) groups excluding carboxylic acids is 2. The van der Waals surface area contributed by atoms with Gasteiger partial charge in [-0.15, -0.1) is 11.8 Å². The number of unbranched alkanes of at least 4 members (excludes halogenated alkanes) is 1. The molecule has 4 nitrogen and oxygen atoms in total. The first-order chi connectivity index (χ1) is 14.8. The van der Waals surface area contributed by atoms with Gasteiger partial charge in [0.15, 0.2) is 0 Å². The molecule has 0 saturated heterocycles. The summed E-state index contributed by atoms with van der Waals surface area (Å²) >= 11 is 19.6. The molecule has 0 unspecified atom stereocenters. The second kappa shape index (κ2) is 13.2. The van der Waals surface area contributed by atoms with Gasteiger partial charge in [-0.3, -0.25) is 9.59 Å². The molecule has 1 N–H and O–H groups in total. The highest BCUT2D eigenvalue weighted by Gasteiger charge is 2.26. The maximum atomic E-state index is 13.1. The summed E-state index contributed by atoms with van der Waals surface area (Å²) in [7, 11) is 0. The van der Waals surface area contributed by atoms with Crippen molar-refractivity contribution < 1.29 is 9.59 Å². The van der Waals surface area contributed by atoms with Crippen LogP contribution in [0.3, 0.4) is 0 Å². The maximum Gasteiger partial charge on any atom is 0.242 e. The van der Waals surface area contributed by atoms with Gasteiger partial charge < -0.3 is 10.2 Å². The smallest absolute Gasteiger partial charge is 0.242 e. The average molecular weight is 502 g/mol. The van der Waals surface area contributed by atoms with E-state index in [0.29, 0.717) is 33.9 Å². The molecule has 0 spiro atoms. The Morgan fingerprint density at radius 2 is 1.84 bits per heavy atom. The summed E-state index contributed by atoms with van der Waals surface area (Å²) in [5.74, 6) is 0.597. The van der Waals surface area contributed by atoms with Gasteiger partial charge in [0, 0.05) is 23.9 Å². The summed E-state index contributed by atoms with van der Waals surface area (Å²) in [6.07, 6.45) is 1.89. The normalized spacial score (nSPS) is 11.8. The van der Waals surface area contributed by atoms with E-state index in [2.05, 4.69) is 12.2 Å². The lowest BCUT2D eigenvalue weighted by molar-refractivity contribution is -0.138. The van der Waals surface area contributed by atoms with Crippen molar-refractivity contribution in [2.45, 2.75) is 45.0 Å². The minimum Gasteiger partial charge on any atom is -0.354 e. The van der Waals surface area contributed by atoms with Crippen LogP contribution in [0.5, 0.6) is 0 Å². The van der Waals surface area contributed by atoms with E-state index >= 15 is 0 Å². The van der Waals surface area contributed by atoms with Gasteiger partial charge in [0.25, 0.3) is 0 Å². The first-order valence-electron chi connectivity index (χ1n) is 10.1. The molecular formula is C23H27Cl3N2O2S. The van der Waals surface area contributed by atoms with Crippen LogP contribution >= 0.6 is 46.6 Å². The molecule has 0 aliphatic rings. The second-order valence-electron chi connectivity index (χ2n) is 7.21. The topological polar surface area (TPSA) is 49.4 Å². The zero-order valence-electron chi connectivity index (χ0n) is 17.7. The number of carbonyl (C=O) groups is 2. The fourth-order valence-corrected chi connectivity index (χ4v) is 4.31. The summed E-state index contributed by atoms with van der Waals surface area (Å²) in [5, 5.41) is 4.51. The molecule has 0 aliphatic heterocycles. The molecular weight excluding hydrogens is 475 g/mol. The quantitative estimate of drug-likeness (QED) is 0.372. The Bertz CT molecular complexity index is 895. The van der Waals surface area contributed by atoms with Crippen LogP contribution in [0.1, 0.15) is 37.8 Å². The fraction of sp³-hybridized carbons (Fsp3) is 0.391. The van der Waals surface area contributed by atoms with Crippen molar-refractivity contribution in [2.75, 3.05) is 12.3 Å². The molecule has 2 aromatic carbocycles. The first-order valence-corrected chi connectivity index (χ1v) is 12.4. The molecule has 0 aliphatic carbocycles. The molecule has 168 valence electrons. The van der Waals surface area contributed by atoms with Crippen LogP contribution in [0, 0.1) is 0 Å². The number of nitrogens with zero attached hydrogens (tertiary/aromatic N) is 1. The molecule has 31 heavy (non-hydrogen) atoms. The lowest BCUT2D eigenvalue weighted by Crippen LogP contribution is -2.48. The van der Waals surface area contributed by atoms with Gasteiger partial charge in [0.2, 0.25) is 11.8 Å². The van der Waals surface area contributed by atoms with Gasteiger partial charge in [-0.2, -0.15) is 0 Å². The van der Waals surface area contributed by atoms with Crippen molar-refractivity contribution >= 4 is 58.4 Å². The Morgan fingerprint density at radius 1 is 1.06 bits per heavy atom. The number of hydrogen-bond acceptors (Lipinski definition) is 3. The molecule has 2 rings (SSSR count). The number of thioether (sulfide) groups is 1. The Kier molecular flexibility index (Phi) is 11.0. The van der Waals surface area contributed by atoms with Gasteiger partial charge in [-0.25, -0.2) is 0 Å². The van der Waals surface area contributed by atoms with Gasteiger partial charge >= 0.3 is 0 Å². The molecule has 0 radical (unpaired) electrons. The van der Waals surface area contributed by atoms with Crippen molar-refractivity contribution in [1.29, 1.82) is 0 Å². The summed E-state index contributed by atoms with van der Waals surface area (Å²) in [4.78, 5) is 27.3. The van der Waals surface area contributed by atoms with Crippen LogP contribution in [-0.2, 0) is 21.9 Å². The minimum absolute atomic E-state index is 0.108. The number of hydrogen-bond donors (Lipinski definition) is 1. The summed E-state index contributed by atoms with van der Waals surface area (Å²) in [6, 6.07) is 12.2. The number of benzene rings is 2. The lowest BCUT2D eigenvalue weighted by Gasteiger charge is -2.29. The third-order valence-corrected chi connectivity index (χ3v) is 6.68. The standard InChI is InChI=1S/C23H27Cl3N2O2S/c1-3-4-10-27-23(30)16(2)28(13-17-6-5-7-19(24)11-17)22(29)15-31-14-18-8-9-20(25)21(26)12-18/h5-9,11-12,16H,3-4,10,13-15H2,1-2H3,(H,27,30)/t16-/m0/s1. The van der Waals surface area contributed by atoms with Gasteiger partial charge in [-0.1, -0.05) is 66.3 Å². The molecule has 0 fully saturated rings. The van der Waals surface area contributed by atoms with Crippen molar-refractivity contribution in [1.82, 2.24) is 10.2 Å². The van der Waals surface area contributed by atoms with Crippen LogP contribution in [-0.4, -0.2) is 35.1 Å². The number of amides is 2. The molecule has 2 aromatic rings. The molecule has 8 heteroatoms. The predicted molar refractivity (Wildman–Crippen MR) is 132 cm³/mol. The Labute approximate surface area is 203 Å². The monoisotopic (exact) mass is 500 g/mol. The van der Waals surface area contributed by atoms with E-state index < -0.39 is 6.04 Å². The summed E-state index contributed by atoms with van der Waals surface area (Å²) in [6.45, 7) is 4.74. The SMILES string of the molecule is CCCCNC(=O)[C@H](C)N(Cc1cccc(Cl)c1)C(=O)CSCc1ccc(Cl)c(Cl)c1. The minimum atomic E-state index is -0.589. The second-order valence-corrected chi connectivity index (χ2v) is 9.45. The predicted octanol–water partition coefficient (Wildman–Crippen LogP) is 6.21. The molecule has 0 bridgehead atoms. The van der Waals surface area contributed by atoms with Crippen LogP contribution in [0.25, 0.3) is 0 Å². The van der Waals surface area contributed by atoms with Crippen LogP contribution in [0.4, 0.5) is 0 Å². The van der Waals surface area contributed by atoms with Crippen molar-refractivity contribution in [3.63, 3.8) is 0 Å². The van der Waals surface area contributed by atoms with Crippen molar-refractivity contribution in [3.05, 3.63) is 68.7 Å². The van der Waals surface area contributed by atoms with E-state index in [4.69, 9.17) is 34.8 Å². The van der Waals surface area contributed by atoms with E-state index in [-0.39, 0.29) is 17.6 Å². The Morgan fingerprint density at radius 3 is 2.52 bits per heavy atom. The molecule has 2 amide bonds. The van der Waals surface area contributed by atoms with Crippen molar-refractivity contribution in [2.24, 2.45) is 0 Å². The maximum absolute atomic E-state index is 13.1. The summed E-state index contributed by atoms with van der Waals surface area (Å²) in [5.41, 5.74) is 1.86. The van der Waals surface area contributed by atoms with Gasteiger partial charge in [0.05, 0.1) is 15.8 Å². The zero-order chi connectivity index (χ0) is 22.8. The highest BCUT2D eigenvalue weighted by Crippen LogP contribution is 2.25. The lowest BCUT2D eigenvalue weighted by atomic mass is 10.1. The van der Waals surface area contributed by atoms with E-state index in [0.717, 1.165) is 24.0 Å². The van der Waals surface area contributed by atoms with Crippen LogP contribution in [0.15, 0.2) is 42.5 Å². The summed E-state index contributed by atoms with van der Waals surface area (Å²) < 4.78 is 0. The highest BCUT2D eigenvalue weighted by atomic mass is 35.5. The average Bonchev–Trinajstić information content (AvgIpc) is 2.74. The molecule has 0 aromatic heterocycles. The third-order valence-electron chi connectivity index (χ3n) is 4.72. The number of halogens is 3. The largest absolute Gasteiger partial charge is 0.354 e. The molecule has 0 heterocycles. The number of nitrogens with one attached hydrogen (secondary N) is 1. The molecule has 0 saturated carbocycles. The van der Waals surface area contributed by atoms with E-state index in [1.807, 2.05) is 24.3 Å². The van der Waals surface area contributed by atoms with Crippen LogP contribution in [0.2, 0.25) is 15.1 Å².